The molecular weight excluding hydrogens is 378 g/mol. The smallest absolute Gasteiger partial charge is 0.335 e. The molecule has 0 unspecified atom stereocenters. The number of carboxylic acids is 1. The van der Waals surface area contributed by atoms with Crippen LogP contribution < -0.4 is 15.5 Å². The van der Waals surface area contributed by atoms with Crippen LogP contribution in [0.15, 0.2) is 42.5 Å². The van der Waals surface area contributed by atoms with E-state index in [0.29, 0.717) is 22.3 Å². The lowest BCUT2D eigenvalue weighted by Crippen LogP contribution is -2.30. The van der Waals surface area contributed by atoms with E-state index in [0.717, 1.165) is 4.85 Å². The van der Waals surface area contributed by atoms with Gasteiger partial charge in [-0.2, -0.15) is 0 Å². The first-order valence-electron chi connectivity index (χ1n) is 8.76. The molecule has 10 heteroatoms. The molecule has 2 aromatic carbocycles. The van der Waals surface area contributed by atoms with Crippen molar-refractivity contribution in [1.82, 2.24) is 20.5 Å². The number of hydrogen-bond acceptors (Lipinski definition) is 6. The maximum Gasteiger partial charge on any atom is 0.335 e. The van der Waals surface area contributed by atoms with E-state index in [4.69, 9.17) is 9.94 Å². The second-order valence-corrected chi connectivity index (χ2v) is 6.50. The van der Waals surface area contributed by atoms with Crippen LogP contribution in [0.1, 0.15) is 34.6 Å². The van der Waals surface area contributed by atoms with Crippen molar-refractivity contribution in [2.24, 2.45) is 0 Å². The monoisotopic (exact) mass is 397 g/mol. The highest BCUT2D eigenvalue weighted by Gasteiger charge is 2.13. The van der Waals surface area contributed by atoms with Crippen molar-refractivity contribution in [1.29, 1.82) is 0 Å². The van der Waals surface area contributed by atoms with Gasteiger partial charge in [-0.15, -0.1) is 5.10 Å². The number of anilines is 1. The summed E-state index contributed by atoms with van der Waals surface area (Å²) in [6.45, 7) is 3.36. The fraction of sp³-hybridized carbons (Fsp3) is 0.211. The molecule has 3 N–H and O–H groups in total. The van der Waals surface area contributed by atoms with Gasteiger partial charge in [-0.25, -0.2) is 4.79 Å². The zero-order valence-electron chi connectivity index (χ0n) is 15.7. The molecule has 3 aromatic rings. The minimum absolute atomic E-state index is 0.00857. The van der Waals surface area contributed by atoms with Gasteiger partial charge in [-0.1, -0.05) is 4.85 Å². The molecule has 150 valence electrons. The molecule has 1 aromatic heterocycles. The van der Waals surface area contributed by atoms with Crippen molar-refractivity contribution in [2.75, 3.05) is 11.9 Å². The van der Waals surface area contributed by atoms with Gasteiger partial charge in [0.2, 0.25) is 0 Å². The minimum atomic E-state index is -1.05. The van der Waals surface area contributed by atoms with E-state index in [-0.39, 0.29) is 24.1 Å². The third kappa shape index (κ3) is 4.86. The van der Waals surface area contributed by atoms with Crippen LogP contribution >= 0.6 is 0 Å². The number of benzene rings is 2. The fourth-order valence-electron chi connectivity index (χ4n) is 2.49. The van der Waals surface area contributed by atoms with Gasteiger partial charge in [-0.3, -0.25) is 9.59 Å². The number of amides is 2. The highest BCUT2D eigenvalue weighted by atomic mass is 16.7. The Kier molecular flexibility index (Phi) is 5.72. The largest absolute Gasteiger partial charge is 0.478 e. The zero-order valence-corrected chi connectivity index (χ0v) is 15.7. The number of aromatic carboxylic acids is 1. The normalized spacial score (nSPS) is 10.7. The molecule has 1 heterocycles. The summed E-state index contributed by atoms with van der Waals surface area (Å²) >= 11 is 0. The van der Waals surface area contributed by atoms with E-state index in [2.05, 4.69) is 20.9 Å². The van der Waals surface area contributed by atoms with Crippen LogP contribution in [-0.2, 0) is 4.79 Å². The maximum absolute atomic E-state index is 12.2. The molecule has 0 fully saturated rings. The van der Waals surface area contributed by atoms with Crippen molar-refractivity contribution in [3.05, 3.63) is 53.6 Å². The Morgan fingerprint density at radius 2 is 1.79 bits per heavy atom. The SMILES string of the molecule is CC(C)NC(=O)c1ccc2nnn(OCC(=O)Nc3ccc(C(=O)O)cc3)c2c1. The topological polar surface area (TPSA) is 135 Å². The van der Waals surface area contributed by atoms with Crippen LogP contribution in [0.5, 0.6) is 0 Å². The summed E-state index contributed by atoms with van der Waals surface area (Å²) in [4.78, 5) is 41.5. The van der Waals surface area contributed by atoms with Gasteiger partial charge in [0.05, 0.1) is 5.56 Å². The number of fused-ring (bicyclic) bond motifs is 1. The second kappa shape index (κ2) is 8.38. The predicted octanol–water partition coefficient (Wildman–Crippen LogP) is 1.33. The summed E-state index contributed by atoms with van der Waals surface area (Å²) in [6, 6.07) is 10.6. The number of carbonyl (C=O) groups is 3. The standard InChI is InChI=1S/C19H19N5O5/c1-11(2)20-18(26)13-5-8-15-16(9-13)24(23-22-15)29-10-17(25)21-14-6-3-12(4-7-14)19(27)28/h3-9,11H,10H2,1-2H3,(H,20,26)(H,21,25)(H,27,28). The summed E-state index contributed by atoms with van der Waals surface area (Å²) < 4.78 is 0. The third-order valence-electron chi connectivity index (χ3n) is 3.83. The van der Waals surface area contributed by atoms with Gasteiger partial charge in [-0.05, 0) is 61.5 Å². The molecule has 0 aliphatic heterocycles. The summed E-state index contributed by atoms with van der Waals surface area (Å²) in [7, 11) is 0. The van der Waals surface area contributed by atoms with Gasteiger partial charge >= 0.3 is 5.97 Å². The van der Waals surface area contributed by atoms with E-state index >= 15 is 0 Å². The Morgan fingerprint density at radius 1 is 1.10 bits per heavy atom. The van der Waals surface area contributed by atoms with Gasteiger partial charge in [0, 0.05) is 17.3 Å². The van der Waals surface area contributed by atoms with Crippen LogP contribution in [0.25, 0.3) is 11.0 Å². The Balaban J connectivity index is 1.65. The number of carbonyl (C=O) groups excluding carboxylic acids is 2. The highest BCUT2D eigenvalue weighted by Crippen LogP contribution is 2.13. The number of nitrogens with zero attached hydrogens (tertiary/aromatic N) is 3. The van der Waals surface area contributed by atoms with Crippen molar-refractivity contribution < 1.29 is 24.3 Å². The van der Waals surface area contributed by atoms with Crippen molar-refractivity contribution in [3.63, 3.8) is 0 Å². The van der Waals surface area contributed by atoms with Gasteiger partial charge in [0.25, 0.3) is 11.8 Å². The summed E-state index contributed by atoms with van der Waals surface area (Å²) in [6.07, 6.45) is 0. The first kappa shape index (κ1) is 19.8. The molecular formula is C19H19N5O5. The van der Waals surface area contributed by atoms with Gasteiger partial charge in [0.15, 0.2) is 6.61 Å². The lowest BCUT2D eigenvalue weighted by molar-refractivity contribution is -0.121. The van der Waals surface area contributed by atoms with Crippen LogP contribution in [-0.4, -0.2) is 50.7 Å². The Hall–Kier alpha value is -3.95. The van der Waals surface area contributed by atoms with E-state index in [1.807, 2.05) is 13.8 Å². The summed E-state index contributed by atoms with van der Waals surface area (Å²) in [5.41, 5.74) is 1.92. The van der Waals surface area contributed by atoms with E-state index < -0.39 is 11.9 Å². The first-order chi connectivity index (χ1) is 13.8. The zero-order chi connectivity index (χ0) is 21.0. The van der Waals surface area contributed by atoms with Crippen LogP contribution in [0.3, 0.4) is 0 Å². The molecule has 10 nitrogen and oxygen atoms in total. The minimum Gasteiger partial charge on any atom is -0.478 e. The molecule has 0 aliphatic rings. The lowest BCUT2D eigenvalue weighted by atomic mass is 10.2. The van der Waals surface area contributed by atoms with Crippen molar-refractivity contribution >= 4 is 34.5 Å². The van der Waals surface area contributed by atoms with E-state index in [9.17, 15) is 14.4 Å². The Labute approximate surface area is 165 Å². The summed E-state index contributed by atoms with van der Waals surface area (Å²) in [5, 5.41) is 22.0. The molecule has 0 aliphatic carbocycles. The number of rotatable bonds is 7. The second-order valence-electron chi connectivity index (χ2n) is 6.50. The van der Waals surface area contributed by atoms with E-state index in [1.54, 1.807) is 18.2 Å². The average molecular weight is 397 g/mol. The Bertz CT molecular complexity index is 1060. The molecule has 0 atom stereocenters. The van der Waals surface area contributed by atoms with Crippen LogP contribution in [0.4, 0.5) is 5.69 Å². The molecule has 0 radical (unpaired) electrons. The predicted molar refractivity (Wildman–Crippen MR) is 104 cm³/mol. The number of nitrogens with one attached hydrogen (secondary N) is 2. The maximum atomic E-state index is 12.2. The first-order valence-corrected chi connectivity index (χ1v) is 8.76. The Morgan fingerprint density at radius 3 is 2.45 bits per heavy atom. The van der Waals surface area contributed by atoms with E-state index in [1.165, 1.54) is 24.3 Å². The van der Waals surface area contributed by atoms with Crippen LogP contribution in [0.2, 0.25) is 0 Å². The van der Waals surface area contributed by atoms with Crippen molar-refractivity contribution in [2.45, 2.75) is 19.9 Å². The molecule has 3 rings (SSSR count). The highest BCUT2D eigenvalue weighted by molar-refractivity contribution is 5.97. The molecule has 0 saturated carbocycles. The summed E-state index contributed by atoms with van der Waals surface area (Å²) in [5.74, 6) is -1.76. The number of carboxylic acid groups (broad SMARTS) is 1. The third-order valence-corrected chi connectivity index (χ3v) is 3.83. The molecule has 0 saturated heterocycles. The molecule has 0 bridgehead atoms. The number of aromatic nitrogens is 3. The van der Waals surface area contributed by atoms with Gasteiger partial charge in [0.1, 0.15) is 11.0 Å². The quantitative estimate of drug-likeness (QED) is 0.547. The molecule has 0 spiro atoms. The molecule has 29 heavy (non-hydrogen) atoms. The van der Waals surface area contributed by atoms with Gasteiger partial charge < -0.3 is 20.6 Å². The lowest BCUT2D eigenvalue weighted by Gasteiger charge is -2.09. The number of hydrogen-bond donors (Lipinski definition) is 3. The van der Waals surface area contributed by atoms with Crippen molar-refractivity contribution in [3.8, 4) is 0 Å². The van der Waals surface area contributed by atoms with Crippen LogP contribution in [0, 0.1) is 0 Å². The fourth-order valence-corrected chi connectivity index (χ4v) is 2.49. The molecule has 2 amide bonds. The average Bonchev–Trinajstić information content (AvgIpc) is 3.08.